The lowest BCUT2D eigenvalue weighted by molar-refractivity contribution is 0.0762. The molecule has 0 saturated carbocycles. The van der Waals surface area contributed by atoms with Gasteiger partial charge in [0.25, 0.3) is 0 Å². The number of ether oxygens (including phenoxy) is 3. The first-order valence-corrected chi connectivity index (χ1v) is 5.90. The van der Waals surface area contributed by atoms with Gasteiger partial charge in [-0.05, 0) is 17.7 Å². The number of benzene rings is 1. The van der Waals surface area contributed by atoms with E-state index in [1.165, 1.54) is 0 Å². The minimum absolute atomic E-state index is 0.243. The number of hydrogen-bond donors (Lipinski definition) is 2. The molecule has 1 aliphatic rings. The van der Waals surface area contributed by atoms with Crippen LogP contribution < -0.4 is 19.5 Å². The average Bonchev–Trinajstić information content (AvgIpc) is 2.34. The van der Waals surface area contributed by atoms with Gasteiger partial charge in [-0.2, -0.15) is 0 Å². The van der Waals surface area contributed by atoms with E-state index in [9.17, 15) is 5.11 Å². The zero-order valence-electron chi connectivity index (χ0n) is 10.9. The van der Waals surface area contributed by atoms with Crippen LogP contribution in [0.4, 0.5) is 0 Å². The van der Waals surface area contributed by atoms with Crippen molar-refractivity contribution in [3.05, 3.63) is 17.7 Å². The van der Waals surface area contributed by atoms with Crippen LogP contribution in [0.15, 0.2) is 12.1 Å². The van der Waals surface area contributed by atoms with E-state index in [-0.39, 0.29) is 5.92 Å². The van der Waals surface area contributed by atoms with E-state index in [1.807, 2.05) is 0 Å². The fourth-order valence-electron chi connectivity index (χ4n) is 2.08. The van der Waals surface area contributed by atoms with Gasteiger partial charge in [-0.3, -0.25) is 0 Å². The summed E-state index contributed by atoms with van der Waals surface area (Å²) >= 11 is 0. The molecule has 1 aromatic carbocycles. The molecule has 0 radical (unpaired) electrons. The fraction of sp³-hybridized carbons (Fsp3) is 0.538. The highest BCUT2D eigenvalue weighted by Gasteiger charge is 2.28. The minimum atomic E-state index is -0.514. The lowest BCUT2D eigenvalue weighted by atomic mass is 9.91. The average molecular weight is 253 g/mol. The quantitative estimate of drug-likeness (QED) is 0.818. The lowest BCUT2D eigenvalue weighted by Gasteiger charge is -2.32. The van der Waals surface area contributed by atoms with E-state index < -0.39 is 6.10 Å². The molecule has 0 spiro atoms. The number of aliphatic hydroxyl groups excluding tert-OH is 1. The standard InChI is InChI=1S/C13H19NO4/c1-16-10-4-8(12(15)9-6-14-7-9)5-11(17-2)13(10)18-3/h4-5,9,12,14-15H,6-7H2,1-3H3. The van der Waals surface area contributed by atoms with Gasteiger partial charge in [-0.25, -0.2) is 0 Å². The second-order valence-corrected chi connectivity index (χ2v) is 4.32. The summed E-state index contributed by atoms with van der Waals surface area (Å²) in [6, 6.07) is 3.59. The van der Waals surface area contributed by atoms with Crippen LogP contribution in [0.5, 0.6) is 17.2 Å². The summed E-state index contributed by atoms with van der Waals surface area (Å²) in [5.74, 6) is 1.92. The summed E-state index contributed by atoms with van der Waals surface area (Å²) in [7, 11) is 4.70. The predicted molar refractivity (Wildman–Crippen MR) is 67.4 cm³/mol. The SMILES string of the molecule is COc1cc(C(O)C2CNC2)cc(OC)c1OC. The number of nitrogens with one attached hydrogen (secondary N) is 1. The Labute approximate surface area is 107 Å². The second-order valence-electron chi connectivity index (χ2n) is 4.32. The van der Waals surface area contributed by atoms with Gasteiger partial charge in [0.1, 0.15) is 0 Å². The Bertz CT molecular complexity index is 392. The van der Waals surface area contributed by atoms with Gasteiger partial charge in [-0.15, -0.1) is 0 Å². The molecule has 0 bridgehead atoms. The van der Waals surface area contributed by atoms with Crippen LogP contribution in [0.1, 0.15) is 11.7 Å². The van der Waals surface area contributed by atoms with Crippen LogP contribution >= 0.6 is 0 Å². The summed E-state index contributed by atoms with van der Waals surface area (Å²) < 4.78 is 15.8. The van der Waals surface area contributed by atoms with Crippen molar-refractivity contribution in [2.24, 2.45) is 5.92 Å². The third-order valence-electron chi connectivity index (χ3n) is 3.29. The summed E-state index contributed by atoms with van der Waals surface area (Å²) in [6.07, 6.45) is -0.514. The Morgan fingerprint density at radius 3 is 2.00 bits per heavy atom. The minimum Gasteiger partial charge on any atom is -0.493 e. The fourth-order valence-corrected chi connectivity index (χ4v) is 2.08. The zero-order valence-corrected chi connectivity index (χ0v) is 10.9. The van der Waals surface area contributed by atoms with E-state index in [2.05, 4.69) is 5.32 Å². The molecule has 2 rings (SSSR count). The molecule has 5 nitrogen and oxygen atoms in total. The van der Waals surface area contributed by atoms with Crippen LogP contribution in [-0.4, -0.2) is 39.5 Å². The van der Waals surface area contributed by atoms with Crippen LogP contribution in [0.2, 0.25) is 0 Å². The van der Waals surface area contributed by atoms with Crippen LogP contribution in [0.3, 0.4) is 0 Å². The van der Waals surface area contributed by atoms with E-state index in [0.29, 0.717) is 17.2 Å². The smallest absolute Gasteiger partial charge is 0.203 e. The van der Waals surface area contributed by atoms with Gasteiger partial charge in [0.15, 0.2) is 11.5 Å². The van der Waals surface area contributed by atoms with Gasteiger partial charge in [0.2, 0.25) is 5.75 Å². The number of aliphatic hydroxyl groups is 1. The largest absolute Gasteiger partial charge is 0.493 e. The molecule has 0 aliphatic carbocycles. The monoisotopic (exact) mass is 253 g/mol. The molecule has 18 heavy (non-hydrogen) atoms. The molecule has 2 N–H and O–H groups in total. The Morgan fingerprint density at radius 2 is 1.67 bits per heavy atom. The van der Waals surface area contributed by atoms with Crippen LogP contribution in [-0.2, 0) is 0 Å². The maximum atomic E-state index is 10.3. The molecule has 1 saturated heterocycles. The molecule has 0 aromatic heterocycles. The Balaban J connectivity index is 2.35. The maximum Gasteiger partial charge on any atom is 0.203 e. The van der Waals surface area contributed by atoms with Crippen LogP contribution in [0, 0.1) is 5.92 Å². The maximum absolute atomic E-state index is 10.3. The van der Waals surface area contributed by atoms with Crippen LogP contribution in [0.25, 0.3) is 0 Å². The highest BCUT2D eigenvalue weighted by Crippen LogP contribution is 2.41. The highest BCUT2D eigenvalue weighted by atomic mass is 16.5. The van der Waals surface area contributed by atoms with Gasteiger partial charge in [-0.1, -0.05) is 0 Å². The third-order valence-corrected chi connectivity index (χ3v) is 3.29. The van der Waals surface area contributed by atoms with Crippen molar-refractivity contribution in [1.82, 2.24) is 5.32 Å². The number of rotatable bonds is 5. The second kappa shape index (κ2) is 5.46. The van der Waals surface area contributed by atoms with Crippen molar-refractivity contribution in [2.45, 2.75) is 6.10 Å². The molecule has 100 valence electrons. The molecule has 5 heteroatoms. The molecule has 1 heterocycles. The van der Waals surface area contributed by atoms with Gasteiger partial charge in [0.05, 0.1) is 27.4 Å². The summed E-state index contributed by atoms with van der Waals surface area (Å²) in [6.45, 7) is 1.66. The van der Waals surface area contributed by atoms with Crippen molar-refractivity contribution in [3.8, 4) is 17.2 Å². The van der Waals surface area contributed by atoms with Crippen molar-refractivity contribution >= 4 is 0 Å². The van der Waals surface area contributed by atoms with E-state index >= 15 is 0 Å². The number of hydrogen-bond acceptors (Lipinski definition) is 5. The highest BCUT2D eigenvalue weighted by molar-refractivity contribution is 5.54. The predicted octanol–water partition coefficient (Wildman–Crippen LogP) is 0.965. The number of methoxy groups -OCH3 is 3. The molecule has 1 unspecified atom stereocenters. The first-order chi connectivity index (χ1) is 8.71. The normalized spacial score (nSPS) is 16.9. The molecular formula is C13H19NO4. The van der Waals surface area contributed by atoms with Gasteiger partial charge in [0, 0.05) is 19.0 Å². The molecular weight excluding hydrogens is 234 g/mol. The van der Waals surface area contributed by atoms with E-state index in [0.717, 1.165) is 18.7 Å². The van der Waals surface area contributed by atoms with E-state index in [1.54, 1.807) is 33.5 Å². The van der Waals surface area contributed by atoms with Crippen molar-refractivity contribution < 1.29 is 19.3 Å². The molecule has 1 fully saturated rings. The van der Waals surface area contributed by atoms with Crippen molar-refractivity contribution in [3.63, 3.8) is 0 Å². The molecule has 0 amide bonds. The topological polar surface area (TPSA) is 60.0 Å². The lowest BCUT2D eigenvalue weighted by Crippen LogP contribution is -2.45. The summed E-state index contributed by atoms with van der Waals surface area (Å²) in [5.41, 5.74) is 0.788. The van der Waals surface area contributed by atoms with E-state index in [4.69, 9.17) is 14.2 Å². The van der Waals surface area contributed by atoms with Gasteiger partial charge >= 0.3 is 0 Å². The Hall–Kier alpha value is -1.46. The zero-order chi connectivity index (χ0) is 13.1. The Kier molecular flexibility index (Phi) is 3.93. The van der Waals surface area contributed by atoms with Gasteiger partial charge < -0.3 is 24.6 Å². The first-order valence-electron chi connectivity index (χ1n) is 5.90. The molecule has 1 aromatic rings. The summed E-state index contributed by atoms with van der Waals surface area (Å²) in [5, 5.41) is 13.4. The van der Waals surface area contributed by atoms with Crippen molar-refractivity contribution in [2.75, 3.05) is 34.4 Å². The molecule has 1 atom stereocenters. The summed E-state index contributed by atoms with van der Waals surface area (Å²) in [4.78, 5) is 0. The third kappa shape index (κ3) is 2.23. The first kappa shape index (κ1) is 13.0. The van der Waals surface area contributed by atoms with Crippen molar-refractivity contribution in [1.29, 1.82) is 0 Å². The Morgan fingerprint density at radius 1 is 1.11 bits per heavy atom. The molecule has 1 aliphatic heterocycles.